The Kier molecular flexibility index (Phi) is 5.34. The van der Waals surface area contributed by atoms with Crippen LogP contribution in [0.4, 0.5) is 13.2 Å². The highest BCUT2D eigenvalue weighted by Gasteiger charge is 2.34. The summed E-state index contributed by atoms with van der Waals surface area (Å²) in [5.74, 6) is -0.107. The number of Topliss-reactive ketones (excluding diaryl/α,β-unsaturated/α-hetero) is 1. The molecule has 0 aliphatic carbocycles. The molecule has 0 unspecified atom stereocenters. The Hall–Kier alpha value is -1.36. The molecule has 1 aromatic rings. The van der Waals surface area contributed by atoms with Crippen LogP contribution in [0.5, 0.6) is 0 Å². The molecule has 112 valence electrons. The number of methoxy groups -OCH3 is 1. The molecule has 0 heterocycles. The van der Waals surface area contributed by atoms with Gasteiger partial charge in [-0.1, -0.05) is 26.0 Å². The molecule has 0 spiro atoms. The van der Waals surface area contributed by atoms with E-state index in [-0.39, 0.29) is 12.2 Å². The Morgan fingerprint density at radius 1 is 1.10 bits per heavy atom. The smallest absolute Gasteiger partial charge is 0.370 e. The number of carbonyl (C=O) groups is 1. The quantitative estimate of drug-likeness (QED) is 0.790. The summed E-state index contributed by atoms with van der Waals surface area (Å²) >= 11 is 0. The van der Waals surface area contributed by atoms with Gasteiger partial charge >= 0.3 is 6.18 Å². The molecule has 0 N–H and O–H groups in total. The second kappa shape index (κ2) is 6.39. The number of alkyl halides is 3. The highest BCUT2D eigenvalue weighted by molar-refractivity contribution is 5.89. The highest BCUT2D eigenvalue weighted by atomic mass is 19.4. The van der Waals surface area contributed by atoms with E-state index in [0.29, 0.717) is 18.4 Å². The summed E-state index contributed by atoms with van der Waals surface area (Å²) in [5, 5.41) is 0. The lowest BCUT2D eigenvalue weighted by Crippen LogP contribution is -2.40. The minimum absolute atomic E-state index is 0.0770. The normalized spacial score (nSPS) is 12.5. The van der Waals surface area contributed by atoms with E-state index in [1.807, 2.05) is 13.8 Å². The van der Waals surface area contributed by atoms with Crippen LogP contribution in [-0.2, 0) is 22.1 Å². The van der Waals surface area contributed by atoms with Crippen LogP contribution < -0.4 is 0 Å². The Balaban J connectivity index is 2.86. The van der Waals surface area contributed by atoms with E-state index in [4.69, 9.17) is 4.74 Å². The maximum absolute atomic E-state index is 12.4. The molecule has 0 aromatic heterocycles. The fourth-order valence-corrected chi connectivity index (χ4v) is 2.20. The Morgan fingerprint density at radius 2 is 1.60 bits per heavy atom. The molecule has 2 nitrogen and oxygen atoms in total. The summed E-state index contributed by atoms with van der Waals surface area (Å²) < 4.78 is 42.7. The van der Waals surface area contributed by atoms with Gasteiger partial charge in [0.25, 0.3) is 0 Å². The number of benzene rings is 1. The molecule has 0 bridgehead atoms. The number of hydrogen-bond donors (Lipinski definition) is 0. The van der Waals surface area contributed by atoms with Crippen molar-refractivity contribution in [1.82, 2.24) is 0 Å². The van der Waals surface area contributed by atoms with E-state index in [9.17, 15) is 18.0 Å². The second-order valence-corrected chi connectivity index (χ2v) is 4.70. The number of ether oxygens (including phenoxy) is 1. The third kappa shape index (κ3) is 3.60. The number of halogens is 3. The first-order valence-electron chi connectivity index (χ1n) is 6.53. The number of ketones is 1. The van der Waals surface area contributed by atoms with Crippen LogP contribution in [0.15, 0.2) is 24.3 Å². The van der Waals surface area contributed by atoms with Crippen LogP contribution in [0.3, 0.4) is 0 Å². The standard InChI is InChI=1S/C15H19F3O2/c1-4-14(5-2,20-3)13(19)10-11-6-8-12(9-7-11)15(16,17)18/h6-9H,4-5,10H2,1-3H3. The Bertz CT molecular complexity index is 437. The third-order valence-electron chi connectivity index (χ3n) is 3.69. The first-order chi connectivity index (χ1) is 9.29. The summed E-state index contributed by atoms with van der Waals surface area (Å²) in [6.07, 6.45) is -3.20. The van der Waals surface area contributed by atoms with Crippen molar-refractivity contribution in [3.8, 4) is 0 Å². The minimum Gasteiger partial charge on any atom is -0.370 e. The molecule has 0 saturated carbocycles. The van der Waals surface area contributed by atoms with Crippen molar-refractivity contribution in [3.05, 3.63) is 35.4 Å². The minimum atomic E-state index is -4.36. The van der Waals surface area contributed by atoms with E-state index in [0.717, 1.165) is 12.1 Å². The van der Waals surface area contributed by atoms with Crippen molar-refractivity contribution >= 4 is 5.78 Å². The van der Waals surface area contributed by atoms with Gasteiger partial charge in [0, 0.05) is 13.5 Å². The lowest BCUT2D eigenvalue weighted by molar-refractivity contribution is -0.141. The lowest BCUT2D eigenvalue weighted by Gasteiger charge is -2.28. The summed E-state index contributed by atoms with van der Waals surface area (Å²) in [4.78, 5) is 12.3. The number of rotatable bonds is 6. The first kappa shape index (κ1) is 16.7. The zero-order valence-corrected chi connectivity index (χ0v) is 11.9. The predicted molar refractivity (Wildman–Crippen MR) is 70.5 cm³/mol. The van der Waals surface area contributed by atoms with E-state index >= 15 is 0 Å². The zero-order chi connectivity index (χ0) is 15.4. The molecule has 0 aliphatic heterocycles. The van der Waals surface area contributed by atoms with Crippen LogP contribution >= 0.6 is 0 Å². The molecule has 0 atom stereocenters. The number of carbonyl (C=O) groups excluding carboxylic acids is 1. The molecule has 0 saturated heterocycles. The molecule has 1 rings (SSSR count). The van der Waals surface area contributed by atoms with Gasteiger partial charge in [-0.2, -0.15) is 13.2 Å². The monoisotopic (exact) mass is 288 g/mol. The van der Waals surface area contributed by atoms with E-state index in [1.54, 1.807) is 0 Å². The van der Waals surface area contributed by atoms with Crippen LogP contribution in [0, 0.1) is 0 Å². The van der Waals surface area contributed by atoms with Crippen LogP contribution in [0.2, 0.25) is 0 Å². The van der Waals surface area contributed by atoms with Gasteiger partial charge in [0.05, 0.1) is 5.56 Å². The van der Waals surface area contributed by atoms with Crippen molar-refractivity contribution in [2.75, 3.05) is 7.11 Å². The summed E-state index contributed by atoms with van der Waals surface area (Å²) in [5.41, 5.74) is -0.994. The van der Waals surface area contributed by atoms with Crippen LogP contribution in [-0.4, -0.2) is 18.5 Å². The summed E-state index contributed by atoms with van der Waals surface area (Å²) in [6.45, 7) is 3.72. The Labute approximate surface area is 116 Å². The molecule has 1 aromatic carbocycles. The van der Waals surface area contributed by atoms with Gasteiger partial charge in [0.2, 0.25) is 0 Å². The fraction of sp³-hybridized carbons (Fsp3) is 0.533. The molecule has 0 amide bonds. The van der Waals surface area contributed by atoms with Gasteiger partial charge in [0.15, 0.2) is 5.78 Å². The second-order valence-electron chi connectivity index (χ2n) is 4.70. The van der Waals surface area contributed by atoms with Crippen LogP contribution in [0.25, 0.3) is 0 Å². The average molecular weight is 288 g/mol. The van der Waals surface area contributed by atoms with Gasteiger partial charge in [-0.25, -0.2) is 0 Å². The van der Waals surface area contributed by atoms with Gasteiger partial charge in [-0.05, 0) is 30.5 Å². The van der Waals surface area contributed by atoms with Crippen molar-refractivity contribution in [1.29, 1.82) is 0 Å². The van der Waals surface area contributed by atoms with Crippen molar-refractivity contribution in [2.24, 2.45) is 0 Å². The average Bonchev–Trinajstić information content (AvgIpc) is 2.41. The fourth-order valence-electron chi connectivity index (χ4n) is 2.20. The van der Waals surface area contributed by atoms with Gasteiger partial charge < -0.3 is 4.74 Å². The lowest BCUT2D eigenvalue weighted by atomic mass is 9.88. The Morgan fingerprint density at radius 3 is 1.95 bits per heavy atom. The van der Waals surface area contributed by atoms with Crippen molar-refractivity contribution in [2.45, 2.75) is 44.9 Å². The molecule has 0 aliphatic rings. The van der Waals surface area contributed by atoms with Gasteiger partial charge in [0.1, 0.15) is 5.60 Å². The summed E-state index contributed by atoms with van der Waals surface area (Å²) in [7, 11) is 1.48. The molecule has 5 heteroatoms. The van der Waals surface area contributed by atoms with E-state index in [2.05, 4.69) is 0 Å². The SMILES string of the molecule is CCC(CC)(OC)C(=O)Cc1ccc(C(F)(F)F)cc1. The van der Waals surface area contributed by atoms with E-state index in [1.165, 1.54) is 19.2 Å². The first-order valence-corrected chi connectivity index (χ1v) is 6.53. The van der Waals surface area contributed by atoms with E-state index < -0.39 is 17.3 Å². The maximum atomic E-state index is 12.4. The van der Waals surface area contributed by atoms with Gasteiger partial charge in [-0.15, -0.1) is 0 Å². The summed E-state index contributed by atoms with van der Waals surface area (Å²) in [6, 6.07) is 4.67. The highest BCUT2D eigenvalue weighted by Crippen LogP contribution is 2.29. The molecular weight excluding hydrogens is 269 g/mol. The van der Waals surface area contributed by atoms with Gasteiger partial charge in [-0.3, -0.25) is 4.79 Å². The van der Waals surface area contributed by atoms with Crippen molar-refractivity contribution < 1.29 is 22.7 Å². The third-order valence-corrected chi connectivity index (χ3v) is 3.69. The molecule has 20 heavy (non-hydrogen) atoms. The van der Waals surface area contributed by atoms with Crippen molar-refractivity contribution in [3.63, 3.8) is 0 Å². The maximum Gasteiger partial charge on any atom is 0.416 e. The molecule has 0 radical (unpaired) electrons. The topological polar surface area (TPSA) is 26.3 Å². The molecular formula is C15H19F3O2. The predicted octanol–water partition coefficient (Wildman–Crippen LogP) is 4.02. The van der Waals surface area contributed by atoms with Crippen LogP contribution in [0.1, 0.15) is 37.8 Å². The molecule has 0 fully saturated rings. The largest absolute Gasteiger partial charge is 0.416 e. The number of hydrogen-bond acceptors (Lipinski definition) is 2. The zero-order valence-electron chi connectivity index (χ0n) is 11.9.